The molecule has 1 fully saturated rings. The van der Waals surface area contributed by atoms with Crippen molar-refractivity contribution in [3.8, 4) is 0 Å². The van der Waals surface area contributed by atoms with Crippen molar-refractivity contribution in [3.63, 3.8) is 0 Å². The van der Waals surface area contributed by atoms with Gasteiger partial charge in [-0.05, 0) is 36.6 Å². The molecule has 0 atom stereocenters. The van der Waals surface area contributed by atoms with Crippen LogP contribution in [0, 0.1) is 5.92 Å². The molecule has 2 rings (SSSR count). The highest BCUT2D eigenvalue weighted by Gasteiger charge is 2.28. The maximum Gasteiger partial charge on any atom is 0.287 e. The maximum absolute atomic E-state index is 11.5. The lowest BCUT2D eigenvalue weighted by molar-refractivity contribution is -0.122. The molecule has 0 spiro atoms. The molecule has 1 aliphatic rings. The monoisotopic (exact) mass is 256 g/mol. The first-order valence-electron chi connectivity index (χ1n) is 5.48. The molecule has 92 valence electrons. The Morgan fingerprint density at radius 1 is 1.29 bits per heavy atom. The lowest BCUT2D eigenvalue weighted by Gasteiger charge is -2.04. The van der Waals surface area contributed by atoms with Crippen LogP contribution in [-0.4, -0.2) is 24.9 Å². The van der Waals surface area contributed by atoms with Gasteiger partial charge in [0, 0.05) is 19.0 Å². The Hall–Kier alpha value is -1.49. The van der Waals surface area contributed by atoms with E-state index in [0.717, 1.165) is 12.8 Å². The van der Waals surface area contributed by atoms with E-state index in [2.05, 4.69) is 10.6 Å². The quantitative estimate of drug-likeness (QED) is 0.778. The number of halogens is 1. The average Bonchev–Trinajstić information content (AvgIpc) is 3.07. The number of amides is 2. The number of hydrogen-bond donors (Lipinski definition) is 2. The van der Waals surface area contributed by atoms with E-state index >= 15 is 0 Å². The van der Waals surface area contributed by atoms with Crippen LogP contribution in [0.15, 0.2) is 16.5 Å². The molecule has 5 nitrogen and oxygen atoms in total. The highest BCUT2D eigenvalue weighted by atomic mass is 35.5. The summed E-state index contributed by atoms with van der Waals surface area (Å²) in [5, 5.41) is 5.55. The second kappa shape index (κ2) is 5.23. The number of carbonyl (C=O) groups is 2. The average molecular weight is 257 g/mol. The van der Waals surface area contributed by atoms with E-state index in [1.54, 1.807) is 0 Å². The smallest absolute Gasteiger partial charge is 0.287 e. The number of carbonyl (C=O) groups excluding carboxylic acids is 2. The van der Waals surface area contributed by atoms with Crippen LogP contribution in [0.3, 0.4) is 0 Å². The fraction of sp³-hybridized carbons (Fsp3) is 0.455. The van der Waals surface area contributed by atoms with E-state index in [9.17, 15) is 9.59 Å². The van der Waals surface area contributed by atoms with Crippen LogP contribution in [-0.2, 0) is 4.79 Å². The number of rotatable bonds is 5. The van der Waals surface area contributed by atoms with Crippen LogP contribution < -0.4 is 10.6 Å². The minimum atomic E-state index is -0.336. The highest BCUT2D eigenvalue weighted by Crippen LogP contribution is 2.28. The molecule has 2 N–H and O–H groups in total. The Kier molecular flexibility index (Phi) is 3.68. The molecule has 1 heterocycles. The van der Waals surface area contributed by atoms with Crippen molar-refractivity contribution in [1.82, 2.24) is 10.6 Å². The minimum Gasteiger partial charge on any atom is -0.440 e. The lowest BCUT2D eigenvalue weighted by Crippen LogP contribution is -2.35. The van der Waals surface area contributed by atoms with Crippen LogP contribution >= 0.6 is 11.6 Å². The van der Waals surface area contributed by atoms with E-state index in [1.807, 2.05) is 0 Å². The van der Waals surface area contributed by atoms with Gasteiger partial charge in [-0.3, -0.25) is 9.59 Å². The normalized spacial score (nSPS) is 14.4. The molecule has 0 aliphatic heterocycles. The van der Waals surface area contributed by atoms with Gasteiger partial charge in [-0.2, -0.15) is 0 Å². The number of nitrogens with one attached hydrogen (secondary N) is 2. The molecule has 0 unspecified atom stereocenters. The van der Waals surface area contributed by atoms with Gasteiger partial charge in [-0.1, -0.05) is 0 Å². The Labute approximate surface area is 104 Å². The van der Waals surface area contributed by atoms with E-state index < -0.39 is 0 Å². The lowest BCUT2D eigenvalue weighted by atomic mass is 10.4. The first-order chi connectivity index (χ1) is 8.16. The van der Waals surface area contributed by atoms with Gasteiger partial charge in [0.25, 0.3) is 5.91 Å². The van der Waals surface area contributed by atoms with Crippen molar-refractivity contribution < 1.29 is 14.0 Å². The van der Waals surface area contributed by atoms with Gasteiger partial charge < -0.3 is 15.1 Å². The van der Waals surface area contributed by atoms with Crippen LogP contribution in [0.2, 0.25) is 5.22 Å². The van der Waals surface area contributed by atoms with Crippen molar-refractivity contribution in [2.24, 2.45) is 5.92 Å². The zero-order valence-electron chi connectivity index (χ0n) is 9.16. The van der Waals surface area contributed by atoms with Gasteiger partial charge in [0.15, 0.2) is 11.0 Å². The van der Waals surface area contributed by atoms with Crippen LogP contribution in [0.5, 0.6) is 0 Å². The third kappa shape index (κ3) is 3.49. The summed E-state index contributed by atoms with van der Waals surface area (Å²) in [5.74, 6) is 0.0935. The summed E-state index contributed by atoms with van der Waals surface area (Å²) in [7, 11) is 0. The Balaban J connectivity index is 1.64. The van der Waals surface area contributed by atoms with Crippen molar-refractivity contribution in [2.75, 3.05) is 13.1 Å². The molecule has 0 saturated heterocycles. The summed E-state index contributed by atoms with van der Waals surface area (Å²) in [6.45, 7) is 0.797. The molecule has 1 aromatic rings. The zero-order valence-corrected chi connectivity index (χ0v) is 9.92. The summed E-state index contributed by atoms with van der Waals surface area (Å²) in [4.78, 5) is 22.7. The van der Waals surface area contributed by atoms with Gasteiger partial charge in [0.1, 0.15) is 0 Å². The van der Waals surface area contributed by atoms with Gasteiger partial charge in [0.2, 0.25) is 5.91 Å². The molecule has 17 heavy (non-hydrogen) atoms. The Bertz CT molecular complexity index is 426. The molecule has 0 radical (unpaired) electrons. The van der Waals surface area contributed by atoms with Gasteiger partial charge in [-0.15, -0.1) is 0 Å². The van der Waals surface area contributed by atoms with Gasteiger partial charge >= 0.3 is 0 Å². The fourth-order valence-electron chi connectivity index (χ4n) is 1.38. The topological polar surface area (TPSA) is 71.3 Å². The summed E-state index contributed by atoms with van der Waals surface area (Å²) in [6, 6.07) is 3.01. The molecule has 0 bridgehead atoms. The van der Waals surface area contributed by atoms with Crippen LogP contribution in [0.4, 0.5) is 0 Å². The Morgan fingerprint density at radius 3 is 2.59 bits per heavy atom. The highest BCUT2D eigenvalue weighted by molar-refractivity contribution is 6.29. The van der Waals surface area contributed by atoms with Gasteiger partial charge in [0.05, 0.1) is 0 Å². The second-order valence-electron chi connectivity index (χ2n) is 3.92. The first-order valence-corrected chi connectivity index (χ1v) is 5.86. The van der Waals surface area contributed by atoms with E-state index in [1.165, 1.54) is 12.1 Å². The third-order valence-electron chi connectivity index (χ3n) is 2.45. The maximum atomic E-state index is 11.5. The summed E-state index contributed by atoms with van der Waals surface area (Å²) >= 11 is 5.55. The largest absolute Gasteiger partial charge is 0.440 e. The van der Waals surface area contributed by atoms with Gasteiger partial charge in [-0.25, -0.2) is 0 Å². The molecule has 2 amide bonds. The SMILES string of the molecule is O=C(NCCNC(=O)C1CC1)c1ccc(Cl)o1. The standard InChI is InChI=1S/C11H13ClN2O3/c12-9-4-3-8(17-9)11(16)14-6-5-13-10(15)7-1-2-7/h3-4,7H,1-2,5-6H2,(H,13,15)(H,14,16). The van der Waals surface area contributed by atoms with E-state index in [0.29, 0.717) is 13.1 Å². The van der Waals surface area contributed by atoms with E-state index in [4.69, 9.17) is 16.0 Å². The second-order valence-corrected chi connectivity index (χ2v) is 4.30. The third-order valence-corrected chi connectivity index (χ3v) is 2.66. The molecular weight excluding hydrogens is 244 g/mol. The molecule has 1 aromatic heterocycles. The Morgan fingerprint density at radius 2 is 2.00 bits per heavy atom. The predicted octanol–water partition coefficient (Wildman–Crippen LogP) is 1.19. The van der Waals surface area contributed by atoms with Crippen molar-refractivity contribution in [3.05, 3.63) is 23.1 Å². The number of furan rings is 1. The molecule has 1 saturated carbocycles. The van der Waals surface area contributed by atoms with E-state index in [-0.39, 0.29) is 28.7 Å². The van der Waals surface area contributed by atoms with Crippen molar-refractivity contribution >= 4 is 23.4 Å². The zero-order chi connectivity index (χ0) is 12.3. The fourth-order valence-corrected chi connectivity index (χ4v) is 1.52. The summed E-state index contributed by atoms with van der Waals surface area (Å²) < 4.78 is 4.94. The summed E-state index contributed by atoms with van der Waals surface area (Å²) in [6.07, 6.45) is 1.95. The van der Waals surface area contributed by atoms with Crippen LogP contribution in [0.25, 0.3) is 0 Å². The number of hydrogen-bond acceptors (Lipinski definition) is 3. The molecular formula is C11H13ClN2O3. The molecule has 6 heteroatoms. The van der Waals surface area contributed by atoms with Crippen LogP contribution in [0.1, 0.15) is 23.4 Å². The van der Waals surface area contributed by atoms with Crippen molar-refractivity contribution in [2.45, 2.75) is 12.8 Å². The molecule has 1 aliphatic carbocycles. The summed E-state index contributed by atoms with van der Waals surface area (Å²) in [5.41, 5.74) is 0. The minimum absolute atomic E-state index is 0.0697. The van der Waals surface area contributed by atoms with Crippen molar-refractivity contribution in [1.29, 1.82) is 0 Å². The predicted molar refractivity (Wildman–Crippen MR) is 61.8 cm³/mol. The molecule has 0 aromatic carbocycles. The first kappa shape index (κ1) is 12.0.